The third-order valence-corrected chi connectivity index (χ3v) is 5.27. The maximum atomic E-state index is 12.5. The molecule has 0 aromatic heterocycles. The molecule has 1 aliphatic rings. The van der Waals surface area contributed by atoms with Crippen molar-refractivity contribution in [3.8, 4) is 0 Å². The third kappa shape index (κ3) is 3.33. The summed E-state index contributed by atoms with van der Waals surface area (Å²) in [4.78, 5) is 13.7. The van der Waals surface area contributed by atoms with Gasteiger partial charge in [0.05, 0.1) is 16.3 Å². The zero-order valence-electron chi connectivity index (χ0n) is 12.2. The summed E-state index contributed by atoms with van der Waals surface area (Å²) >= 11 is 5.79. The van der Waals surface area contributed by atoms with E-state index in [0.717, 1.165) is 6.42 Å². The number of anilines is 2. The number of nitrogens with zero attached hydrogens (tertiary/aromatic N) is 1. The van der Waals surface area contributed by atoms with Crippen molar-refractivity contribution in [1.29, 1.82) is 0 Å². The number of hydrogen-bond acceptors (Lipinski definition) is 3. The van der Waals surface area contributed by atoms with Gasteiger partial charge in [0.1, 0.15) is 0 Å². The molecule has 1 saturated heterocycles. The lowest BCUT2D eigenvalue weighted by atomic mass is 10.2. The summed E-state index contributed by atoms with van der Waals surface area (Å²) in [6.45, 7) is 0.596. The number of halogens is 1. The molecule has 120 valence electrons. The van der Waals surface area contributed by atoms with Crippen molar-refractivity contribution in [2.75, 3.05) is 16.2 Å². The lowest BCUT2D eigenvalue weighted by Gasteiger charge is -2.20. The molecule has 3 rings (SSSR count). The second kappa shape index (κ2) is 6.22. The summed E-state index contributed by atoms with van der Waals surface area (Å²) in [5.41, 5.74) is 0.963. The van der Waals surface area contributed by atoms with Crippen LogP contribution in [0.2, 0.25) is 5.02 Å². The fourth-order valence-corrected chi connectivity index (χ4v) is 3.72. The SMILES string of the molecule is O=C1CCCN1c1ccccc1NS(=O)(=O)c1ccc(Cl)cc1. The molecule has 2 aromatic rings. The van der Waals surface area contributed by atoms with Gasteiger partial charge in [0, 0.05) is 18.0 Å². The number of para-hydroxylation sites is 2. The first-order chi connectivity index (χ1) is 11.0. The Morgan fingerprint density at radius 1 is 1.04 bits per heavy atom. The van der Waals surface area contributed by atoms with E-state index in [4.69, 9.17) is 11.6 Å². The number of carbonyl (C=O) groups is 1. The van der Waals surface area contributed by atoms with Gasteiger partial charge >= 0.3 is 0 Å². The highest BCUT2D eigenvalue weighted by atomic mass is 35.5. The van der Waals surface area contributed by atoms with E-state index in [1.54, 1.807) is 29.2 Å². The van der Waals surface area contributed by atoms with E-state index in [2.05, 4.69) is 4.72 Å². The number of amides is 1. The van der Waals surface area contributed by atoms with E-state index in [9.17, 15) is 13.2 Å². The molecule has 1 aliphatic heterocycles. The van der Waals surface area contributed by atoms with E-state index in [0.29, 0.717) is 29.4 Å². The van der Waals surface area contributed by atoms with Gasteiger partial charge in [-0.05, 0) is 42.8 Å². The first-order valence-electron chi connectivity index (χ1n) is 7.15. The summed E-state index contributed by atoms with van der Waals surface area (Å²) in [5.74, 6) is 0.00291. The van der Waals surface area contributed by atoms with Crippen molar-refractivity contribution in [3.05, 3.63) is 53.6 Å². The molecule has 1 heterocycles. The van der Waals surface area contributed by atoms with Gasteiger partial charge in [0.2, 0.25) is 5.91 Å². The van der Waals surface area contributed by atoms with Crippen LogP contribution < -0.4 is 9.62 Å². The summed E-state index contributed by atoms with van der Waals surface area (Å²) < 4.78 is 27.6. The molecule has 1 amide bonds. The average Bonchev–Trinajstić information content (AvgIpc) is 2.94. The third-order valence-electron chi connectivity index (χ3n) is 3.64. The molecule has 23 heavy (non-hydrogen) atoms. The van der Waals surface area contributed by atoms with Crippen LogP contribution in [0.3, 0.4) is 0 Å². The average molecular weight is 351 g/mol. The Labute approximate surface area is 139 Å². The Morgan fingerprint density at radius 3 is 2.39 bits per heavy atom. The minimum Gasteiger partial charge on any atom is -0.310 e. The topological polar surface area (TPSA) is 66.5 Å². The number of hydrogen-bond donors (Lipinski definition) is 1. The number of nitrogens with one attached hydrogen (secondary N) is 1. The van der Waals surface area contributed by atoms with E-state index < -0.39 is 10.0 Å². The number of benzene rings is 2. The molecule has 0 radical (unpaired) electrons. The summed E-state index contributed by atoms with van der Waals surface area (Å²) in [6.07, 6.45) is 1.26. The molecular formula is C16H15ClN2O3S. The fraction of sp³-hybridized carbons (Fsp3) is 0.188. The van der Waals surface area contributed by atoms with Gasteiger partial charge < -0.3 is 4.90 Å². The van der Waals surface area contributed by atoms with Gasteiger partial charge in [-0.1, -0.05) is 23.7 Å². The molecule has 0 aliphatic carbocycles. The Bertz CT molecular complexity index is 835. The molecule has 1 fully saturated rings. The Hall–Kier alpha value is -2.05. The van der Waals surface area contributed by atoms with E-state index >= 15 is 0 Å². The molecule has 5 nitrogen and oxygen atoms in total. The summed E-state index contributed by atoms with van der Waals surface area (Å²) in [5, 5.41) is 0.465. The minimum atomic E-state index is -3.75. The number of sulfonamides is 1. The molecule has 0 saturated carbocycles. The van der Waals surface area contributed by atoms with E-state index in [1.807, 2.05) is 0 Å². The zero-order chi connectivity index (χ0) is 16.4. The van der Waals surface area contributed by atoms with Crippen LogP contribution in [-0.4, -0.2) is 20.9 Å². The summed E-state index contributed by atoms with van der Waals surface area (Å²) in [6, 6.07) is 12.8. The number of rotatable bonds is 4. The molecule has 7 heteroatoms. The van der Waals surface area contributed by atoms with Gasteiger partial charge in [-0.2, -0.15) is 0 Å². The van der Waals surface area contributed by atoms with E-state index in [1.165, 1.54) is 24.3 Å². The molecular weight excluding hydrogens is 336 g/mol. The van der Waals surface area contributed by atoms with Crippen molar-refractivity contribution in [2.24, 2.45) is 0 Å². The van der Waals surface area contributed by atoms with Crippen LogP contribution in [0.4, 0.5) is 11.4 Å². The smallest absolute Gasteiger partial charge is 0.261 e. The van der Waals surface area contributed by atoms with Crippen LogP contribution in [0.25, 0.3) is 0 Å². The van der Waals surface area contributed by atoms with Crippen molar-refractivity contribution >= 4 is 38.9 Å². The predicted octanol–water partition coefficient (Wildman–Crippen LogP) is 3.27. The van der Waals surface area contributed by atoms with Gasteiger partial charge in [-0.15, -0.1) is 0 Å². The molecule has 0 atom stereocenters. The Kier molecular flexibility index (Phi) is 4.28. The highest BCUT2D eigenvalue weighted by Crippen LogP contribution is 2.31. The highest BCUT2D eigenvalue weighted by molar-refractivity contribution is 7.92. The molecule has 2 aromatic carbocycles. The summed E-state index contributed by atoms with van der Waals surface area (Å²) in [7, 11) is -3.75. The molecule has 1 N–H and O–H groups in total. The van der Waals surface area contributed by atoms with Crippen LogP contribution >= 0.6 is 11.6 Å². The van der Waals surface area contributed by atoms with Gasteiger partial charge in [0.25, 0.3) is 10.0 Å². The lowest BCUT2D eigenvalue weighted by Crippen LogP contribution is -2.25. The Morgan fingerprint density at radius 2 is 1.74 bits per heavy atom. The van der Waals surface area contributed by atoms with Gasteiger partial charge in [-0.25, -0.2) is 8.42 Å². The molecule has 0 unspecified atom stereocenters. The maximum absolute atomic E-state index is 12.5. The zero-order valence-corrected chi connectivity index (χ0v) is 13.8. The molecule has 0 spiro atoms. The quantitative estimate of drug-likeness (QED) is 0.920. The maximum Gasteiger partial charge on any atom is 0.261 e. The minimum absolute atomic E-state index is 0.00291. The van der Waals surface area contributed by atoms with Crippen LogP contribution in [0.15, 0.2) is 53.4 Å². The standard InChI is InChI=1S/C16H15ClN2O3S/c17-12-7-9-13(10-8-12)23(21,22)18-14-4-1-2-5-15(14)19-11-3-6-16(19)20/h1-2,4-5,7-10,18H,3,6,11H2. The van der Waals surface area contributed by atoms with Crippen LogP contribution in [-0.2, 0) is 14.8 Å². The second-order valence-corrected chi connectivity index (χ2v) is 7.34. The second-order valence-electron chi connectivity index (χ2n) is 5.23. The Balaban J connectivity index is 1.94. The fourth-order valence-electron chi connectivity index (χ4n) is 2.52. The van der Waals surface area contributed by atoms with Crippen LogP contribution in [0, 0.1) is 0 Å². The normalized spacial score (nSPS) is 15.0. The van der Waals surface area contributed by atoms with Crippen LogP contribution in [0.5, 0.6) is 0 Å². The van der Waals surface area contributed by atoms with Crippen molar-refractivity contribution in [2.45, 2.75) is 17.7 Å². The van der Waals surface area contributed by atoms with Crippen LogP contribution in [0.1, 0.15) is 12.8 Å². The predicted molar refractivity (Wildman–Crippen MR) is 90.3 cm³/mol. The van der Waals surface area contributed by atoms with Crippen molar-refractivity contribution in [3.63, 3.8) is 0 Å². The van der Waals surface area contributed by atoms with Crippen molar-refractivity contribution < 1.29 is 13.2 Å². The number of carbonyl (C=O) groups excluding carboxylic acids is 1. The van der Waals surface area contributed by atoms with Gasteiger partial charge in [0.15, 0.2) is 0 Å². The van der Waals surface area contributed by atoms with Crippen molar-refractivity contribution in [1.82, 2.24) is 0 Å². The monoisotopic (exact) mass is 350 g/mol. The highest BCUT2D eigenvalue weighted by Gasteiger charge is 2.25. The first kappa shape index (κ1) is 15.8. The molecule has 0 bridgehead atoms. The van der Waals surface area contributed by atoms with Gasteiger partial charge in [-0.3, -0.25) is 9.52 Å². The van der Waals surface area contributed by atoms with E-state index in [-0.39, 0.29) is 10.8 Å². The largest absolute Gasteiger partial charge is 0.310 e. The lowest BCUT2D eigenvalue weighted by molar-refractivity contribution is -0.117. The first-order valence-corrected chi connectivity index (χ1v) is 9.01.